The van der Waals surface area contributed by atoms with Crippen LogP contribution >= 0.6 is 11.6 Å². The first kappa shape index (κ1) is 22.3. The normalized spacial score (nSPS) is 18.8. The van der Waals surface area contributed by atoms with Crippen LogP contribution in [0.15, 0.2) is 48.7 Å². The van der Waals surface area contributed by atoms with E-state index in [1.807, 2.05) is 47.5 Å². The van der Waals surface area contributed by atoms with Gasteiger partial charge in [0.1, 0.15) is 0 Å². The topological polar surface area (TPSA) is 52.0 Å². The fourth-order valence-corrected chi connectivity index (χ4v) is 5.38. The lowest BCUT2D eigenvalue weighted by atomic mass is 9.96. The summed E-state index contributed by atoms with van der Waals surface area (Å²) in [6.45, 7) is 6.90. The Kier molecular flexibility index (Phi) is 6.32. The van der Waals surface area contributed by atoms with Crippen molar-refractivity contribution in [1.29, 1.82) is 0 Å². The van der Waals surface area contributed by atoms with Crippen LogP contribution in [-0.2, 0) is 0 Å². The van der Waals surface area contributed by atoms with Gasteiger partial charge in [0.2, 0.25) is 5.88 Å². The molecule has 0 radical (unpaired) electrons. The maximum atomic E-state index is 13.2. The first-order chi connectivity index (χ1) is 16.0. The molecule has 2 aliphatic rings. The Balaban J connectivity index is 1.26. The molecule has 6 nitrogen and oxygen atoms in total. The van der Waals surface area contributed by atoms with Gasteiger partial charge >= 0.3 is 0 Å². The summed E-state index contributed by atoms with van der Waals surface area (Å²) in [5.41, 5.74) is 1.38. The number of carbonyl (C=O) groups is 1. The number of hydrogen-bond donors (Lipinski definition) is 1. The number of amides is 1. The number of hydrogen-bond acceptors (Lipinski definition) is 4. The fourth-order valence-electron chi connectivity index (χ4n) is 5.12. The average Bonchev–Trinajstić information content (AvgIpc) is 3.18. The molecule has 2 saturated heterocycles. The zero-order chi connectivity index (χ0) is 22.9. The van der Waals surface area contributed by atoms with Gasteiger partial charge in [-0.2, -0.15) is 0 Å². The summed E-state index contributed by atoms with van der Waals surface area (Å²) in [5.74, 6) is 0.908. The van der Waals surface area contributed by atoms with E-state index in [1.165, 1.54) is 25.9 Å². The molecule has 2 aliphatic heterocycles. The molecule has 1 amide bonds. The molecule has 0 aliphatic carbocycles. The summed E-state index contributed by atoms with van der Waals surface area (Å²) in [7, 11) is 2.20. The van der Waals surface area contributed by atoms with Crippen LogP contribution in [0, 0.1) is 5.92 Å². The van der Waals surface area contributed by atoms with E-state index in [0.717, 1.165) is 49.7 Å². The molecule has 0 spiro atoms. The number of nitrogens with zero attached hydrogens (tertiary/aromatic N) is 4. The molecule has 1 aromatic heterocycles. The molecule has 174 valence electrons. The summed E-state index contributed by atoms with van der Waals surface area (Å²) >= 11 is 6.29. The van der Waals surface area contributed by atoms with E-state index < -0.39 is 0 Å². The van der Waals surface area contributed by atoms with E-state index >= 15 is 0 Å². The number of piperidine rings is 1. The van der Waals surface area contributed by atoms with Gasteiger partial charge in [0.15, 0.2) is 0 Å². The first-order valence-corrected chi connectivity index (χ1v) is 12.2. The number of fused-ring (bicyclic) bond motifs is 1. The number of rotatable bonds is 4. The zero-order valence-corrected chi connectivity index (χ0v) is 19.8. The average molecular weight is 467 g/mol. The Bertz CT molecular complexity index is 1140. The van der Waals surface area contributed by atoms with Gasteiger partial charge in [0, 0.05) is 55.6 Å². The van der Waals surface area contributed by atoms with Crippen LogP contribution in [0.4, 0.5) is 0 Å². The highest BCUT2D eigenvalue weighted by Crippen LogP contribution is 2.35. The van der Waals surface area contributed by atoms with Crippen LogP contribution in [0.1, 0.15) is 23.2 Å². The highest BCUT2D eigenvalue weighted by atomic mass is 35.5. The lowest BCUT2D eigenvalue weighted by molar-refractivity contribution is 0.0594. The SMILES string of the molecule is CN1CCC(CN2CCN(C(=O)c3cccc(-n4cc5cccc(Cl)c5c4O)c3)CC2)CC1. The third-order valence-electron chi connectivity index (χ3n) is 7.15. The molecule has 0 unspecified atom stereocenters. The number of aromatic nitrogens is 1. The number of likely N-dealkylation sites (tertiary alicyclic amines) is 1. The molecule has 0 bridgehead atoms. The molecule has 3 heterocycles. The molecule has 0 atom stereocenters. The van der Waals surface area contributed by atoms with Gasteiger partial charge < -0.3 is 14.9 Å². The molecule has 0 saturated carbocycles. The van der Waals surface area contributed by atoms with Crippen molar-refractivity contribution < 1.29 is 9.90 Å². The van der Waals surface area contributed by atoms with E-state index in [1.54, 1.807) is 10.6 Å². The Morgan fingerprint density at radius 2 is 1.76 bits per heavy atom. The molecule has 2 fully saturated rings. The van der Waals surface area contributed by atoms with Crippen LogP contribution < -0.4 is 0 Å². The standard InChI is InChI=1S/C26H31ClN4O2/c1-28-10-8-19(9-11-28)17-29-12-14-30(15-13-29)25(32)20-4-2-6-22(16-20)31-18-21-5-3-7-23(27)24(21)26(31)33/h2-7,16,18-19,33H,8-15,17H2,1H3. The lowest BCUT2D eigenvalue weighted by Gasteiger charge is -2.38. The van der Waals surface area contributed by atoms with Crippen molar-refractivity contribution in [3.05, 3.63) is 59.2 Å². The highest BCUT2D eigenvalue weighted by molar-refractivity contribution is 6.36. The van der Waals surface area contributed by atoms with E-state index in [9.17, 15) is 9.90 Å². The second-order valence-corrected chi connectivity index (χ2v) is 9.82. The summed E-state index contributed by atoms with van der Waals surface area (Å²) in [6.07, 6.45) is 4.39. The van der Waals surface area contributed by atoms with Gasteiger partial charge in [-0.1, -0.05) is 29.8 Å². The lowest BCUT2D eigenvalue weighted by Crippen LogP contribution is -2.50. The molecule has 33 heavy (non-hydrogen) atoms. The fraction of sp³-hybridized carbons (Fsp3) is 0.423. The van der Waals surface area contributed by atoms with Crippen LogP contribution in [0.2, 0.25) is 5.02 Å². The van der Waals surface area contributed by atoms with Gasteiger partial charge in [0.05, 0.1) is 10.4 Å². The largest absolute Gasteiger partial charge is 0.494 e. The van der Waals surface area contributed by atoms with Crippen LogP contribution in [0.25, 0.3) is 16.5 Å². The third-order valence-corrected chi connectivity index (χ3v) is 7.47. The van der Waals surface area contributed by atoms with E-state index in [4.69, 9.17) is 11.6 Å². The van der Waals surface area contributed by atoms with Crippen molar-refractivity contribution in [3.63, 3.8) is 0 Å². The number of aromatic hydroxyl groups is 1. The second kappa shape index (κ2) is 9.37. The minimum absolute atomic E-state index is 0.0463. The molecule has 3 aromatic rings. The molecular weight excluding hydrogens is 436 g/mol. The maximum absolute atomic E-state index is 13.2. The highest BCUT2D eigenvalue weighted by Gasteiger charge is 2.25. The number of benzene rings is 2. The number of piperazine rings is 1. The Morgan fingerprint density at radius 3 is 2.48 bits per heavy atom. The molecular formula is C26H31ClN4O2. The quantitative estimate of drug-likeness (QED) is 0.629. The molecule has 2 aromatic carbocycles. The van der Waals surface area contributed by atoms with Crippen LogP contribution in [-0.4, -0.2) is 83.1 Å². The summed E-state index contributed by atoms with van der Waals surface area (Å²) < 4.78 is 1.69. The third kappa shape index (κ3) is 4.60. The predicted molar refractivity (Wildman–Crippen MR) is 133 cm³/mol. The summed E-state index contributed by atoms with van der Waals surface area (Å²) in [4.78, 5) is 20.1. The van der Waals surface area contributed by atoms with Gasteiger partial charge in [-0.15, -0.1) is 0 Å². The minimum atomic E-state index is 0.0463. The predicted octanol–water partition coefficient (Wildman–Crippen LogP) is 4.09. The van der Waals surface area contributed by atoms with E-state index in [2.05, 4.69) is 16.8 Å². The molecule has 5 rings (SSSR count). The number of carbonyl (C=O) groups excluding carboxylic acids is 1. The van der Waals surface area contributed by atoms with Crippen LogP contribution in [0.5, 0.6) is 5.88 Å². The Hall–Kier alpha value is -2.54. The monoisotopic (exact) mass is 466 g/mol. The summed E-state index contributed by atoms with van der Waals surface area (Å²) in [6, 6.07) is 13.0. The van der Waals surface area contributed by atoms with E-state index in [-0.39, 0.29) is 11.8 Å². The first-order valence-electron chi connectivity index (χ1n) is 11.8. The second-order valence-electron chi connectivity index (χ2n) is 9.42. The summed E-state index contributed by atoms with van der Waals surface area (Å²) in [5, 5.41) is 12.7. The Morgan fingerprint density at radius 1 is 1.03 bits per heavy atom. The minimum Gasteiger partial charge on any atom is -0.494 e. The zero-order valence-electron chi connectivity index (χ0n) is 19.1. The van der Waals surface area contributed by atoms with E-state index in [0.29, 0.717) is 16.0 Å². The van der Waals surface area contributed by atoms with Crippen molar-refractivity contribution >= 4 is 28.3 Å². The molecule has 7 heteroatoms. The van der Waals surface area contributed by atoms with Crippen molar-refractivity contribution in [2.45, 2.75) is 12.8 Å². The molecule has 1 N–H and O–H groups in total. The van der Waals surface area contributed by atoms with Gasteiger partial charge in [-0.3, -0.25) is 14.3 Å². The number of halogens is 1. The Labute approximate surface area is 199 Å². The van der Waals surface area contributed by atoms with Gasteiger partial charge in [-0.25, -0.2) is 0 Å². The smallest absolute Gasteiger partial charge is 0.254 e. The van der Waals surface area contributed by atoms with Crippen molar-refractivity contribution in [2.24, 2.45) is 5.92 Å². The van der Waals surface area contributed by atoms with Gasteiger partial charge in [0.25, 0.3) is 5.91 Å². The maximum Gasteiger partial charge on any atom is 0.254 e. The van der Waals surface area contributed by atoms with Crippen molar-refractivity contribution in [2.75, 3.05) is 52.9 Å². The van der Waals surface area contributed by atoms with Gasteiger partial charge in [-0.05, 0) is 63.2 Å². The van der Waals surface area contributed by atoms with Crippen LogP contribution in [0.3, 0.4) is 0 Å². The van der Waals surface area contributed by atoms with Crippen molar-refractivity contribution in [3.8, 4) is 11.6 Å². The van der Waals surface area contributed by atoms with Crippen molar-refractivity contribution in [1.82, 2.24) is 19.3 Å².